The number of carbonyl (C=O) groups excluding carboxylic acids is 1. The summed E-state index contributed by atoms with van der Waals surface area (Å²) in [6, 6.07) is 1.88. The minimum absolute atomic E-state index is 0.0319. The molecule has 0 aromatic carbocycles. The van der Waals surface area contributed by atoms with Gasteiger partial charge < -0.3 is 19.3 Å². The van der Waals surface area contributed by atoms with Crippen LogP contribution in [0.15, 0.2) is 23.0 Å². The fourth-order valence-electron chi connectivity index (χ4n) is 2.71. The van der Waals surface area contributed by atoms with Gasteiger partial charge >= 0.3 is 5.97 Å². The van der Waals surface area contributed by atoms with Crippen molar-refractivity contribution in [2.75, 3.05) is 25.1 Å². The molecule has 0 saturated carbocycles. The van der Waals surface area contributed by atoms with Gasteiger partial charge in [-0.2, -0.15) is 0 Å². The van der Waals surface area contributed by atoms with E-state index in [1.165, 1.54) is 19.5 Å². The van der Waals surface area contributed by atoms with E-state index in [0.717, 1.165) is 11.5 Å². The zero-order chi connectivity index (χ0) is 16.4. The van der Waals surface area contributed by atoms with Crippen LogP contribution in [0.3, 0.4) is 0 Å². The Morgan fingerprint density at radius 2 is 2.26 bits per heavy atom. The number of hydrogen-bond acceptors (Lipinski definition) is 8. The summed E-state index contributed by atoms with van der Waals surface area (Å²) in [7, 11) is 1.30. The minimum Gasteiger partial charge on any atom is -0.464 e. The van der Waals surface area contributed by atoms with E-state index in [1.54, 1.807) is 0 Å². The van der Waals surface area contributed by atoms with Crippen LogP contribution >= 0.6 is 0 Å². The highest BCUT2D eigenvalue weighted by Gasteiger charge is 2.33. The zero-order valence-corrected chi connectivity index (χ0v) is 13.0. The van der Waals surface area contributed by atoms with E-state index in [4.69, 9.17) is 4.52 Å². The number of anilines is 1. The predicted molar refractivity (Wildman–Crippen MR) is 80.0 cm³/mol. The molecule has 122 valence electrons. The van der Waals surface area contributed by atoms with Crippen LogP contribution in [-0.2, 0) is 11.2 Å². The van der Waals surface area contributed by atoms with Gasteiger partial charge in [0.05, 0.1) is 31.3 Å². The molecule has 8 nitrogen and oxygen atoms in total. The number of ether oxygens (including phenoxy) is 1. The van der Waals surface area contributed by atoms with Crippen molar-refractivity contribution in [3.63, 3.8) is 0 Å². The largest absolute Gasteiger partial charge is 0.464 e. The molecule has 0 unspecified atom stereocenters. The number of aliphatic hydroxyl groups excluding tert-OH is 1. The van der Waals surface area contributed by atoms with E-state index in [0.29, 0.717) is 25.3 Å². The van der Waals surface area contributed by atoms with Crippen molar-refractivity contribution in [1.29, 1.82) is 0 Å². The fraction of sp³-hybridized carbons (Fsp3) is 0.467. The Kier molecular flexibility index (Phi) is 4.24. The van der Waals surface area contributed by atoms with Crippen molar-refractivity contribution in [2.24, 2.45) is 5.92 Å². The molecule has 0 amide bonds. The summed E-state index contributed by atoms with van der Waals surface area (Å²) < 4.78 is 9.80. The molecule has 1 saturated heterocycles. The van der Waals surface area contributed by atoms with Crippen molar-refractivity contribution >= 4 is 11.8 Å². The van der Waals surface area contributed by atoms with Gasteiger partial charge in [-0.1, -0.05) is 5.16 Å². The molecule has 1 N–H and O–H groups in total. The fourth-order valence-corrected chi connectivity index (χ4v) is 2.71. The molecule has 2 aromatic heterocycles. The number of β-amino-alcohol motifs (C(OH)–C–C–N with tert-alkyl or cyclic N) is 1. The maximum absolute atomic E-state index is 11.4. The van der Waals surface area contributed by atoms with Gasteiger partial charge in [0.1, 0.15) is 11.6 Å². The third-order valence-corrected chi connectivity index (χ3v) is 3.90. The van der Waals surface area contributed by atoms with Gasteiger partial charge in [-0.15, -0.1) is 0 Å². The molecule has 23 heavy (non-hydrogen) atoms. The van der Waals surface area contributed by atoms with E-state index in [9.17, 15) is 9.90 Å². The number of esters is 1. The molecule has 0 aliphatic carbocycles. The molecule has 1 aliphatic heterocycles. The first-order valence-electron chi connectivity index (χ1n) is 7.32. The van der Waals surface area contributed by atoms with Crippen LogP contribution in [-0.4, -0.2) is 52.5 Å². The van der Waals surface area contributed by atoms with E-state index in [-0.39, 0.29) is 11.6 Å². The van der Waals surface area contributed by atoms with Crippen molar-refractivity contribution in [3.05, 3.63) is 35.6 Å². The zero-order valence-electron chi connectivity index (χ0n) is 13.0. The molecule has 1 fully saturated rings. The first-order chi connectivity index (χ1) is 11.1. The van der Waals surface area contributed by atoms with E-state index >= 15 is 0 Å². The Labute approximate surface area is 133 Å². The Balaban J connectivity index is 1.67. The van der Waals surface area contributed by atoms with Crippen LogP contribution < -0.4 is 4.90 Å². The second-order valence-electron chi connectivity index (χ2n) is 5.62. The SMILES string of the molecule is COC(=O)c1cnc(N2C[C@@H](Cc3cc(C)no3)[C@H](O)C2)cn1. The van der Waals surface area contributed by atoms with Gasteiger partial charge in [0.25, 0.3) is 0 Å². The number of aromatic nitrogens is 3. The summed E-state index contributed by atoms with van der Waals surface area (Å²) in [6.07, 6.45) is 3.02. The van der Waals surface area contributed by atoms with E-state index in [1.807, 2.05) is 17.9 Å². The van der Waals surface area contributed by atoms with Gasteiger partial charge in [0.2, 0.25) is 0 Å². The third-order valence-electron chi connectivity index (χ3n) is 3.90. The standard InChI is InChI=1S/C15H18N4O4/c1-9-3-11(23-18-9)4-10-7-19(8-13(10)20)14-6-16-12(5-17-14)15(21)22-2/h3,5-6,10,13,20H,4,7-8H2,1-2H3/t10-,13-/m1/s1. The van der Waals surface area contributed by atoms with Gasteiger partial charge in [-0.3, -0.25) is 0 Å². The monoisotopic (exact) mass is 318 g/mol. The number of aliphatic hydroxyl groups is 1. The average molecular weight is 318 g/mol. The third kappa shape index (κ3) is 3.31. The van der Waals surface area contributed by atoms with E-state index in [2.05, 4.69) is 19.9 Å². The maximum atomic E-state index is 11.4. The average Bonchev–Trinajstić information content (AvgIpc) is 3.13. The Bertz CT molecular complexity index is 685. The summed E-state index contributed by atoms with van der Waals surface area (Å²) >= 11 is 0. The summed E-state index contributed by atoms with van der Waals surface area (Å²) in [5, 5.41) is 14.1. The van der Waals surface area contributed by atoms with Crippen molar-refractivity contribution in [3.8, 4) is 0 Å². The van der Waals surface area contributed by atoms with Gasteiger partial charge in [0, 0.05) is 31.5 Å². The molecular weight excluding hydrogens is 300 g/mol. The van der Waals surface area contributed by atoms with Gasteiger partial charge in [-0.05, 0) is 6.92 Å². The van der Waals surface area contributed by atoms with E-state index < -0.39 is 12.1 Å². The minimum atomic E-state index is -0.524. The molecule has 0 radical (unpaired) electrons. The van der Waals surface area contributed by atoms with Crippen LogP contribution in [0.4, 0.5) is 5.82 Å². The number of aryl methyl sites for hydroxylation is 1. The van der Waals surface area contributed by atoms with Crippen LogP contribution in [0.1, 0.15) is 21.9 Å². The van der Waals surface area contributed by atoms with Gasteiger partial charge in [0.15, 0.2) is 5.69 Å². The Morgan fingerprint density at radius 1 is 1.43 bits per heavy atom. The lowest BCUT2D eigenvalue weighted by atomic mass is 10.0. The second-order valence-corrected chi connectivity index (χ2v) is 5.62. The summed E-state index contributed by atoms with van der Waals surface area (Å²) in [5.74, 6) is 0.891. The Hall–Kier alpha value is -2.48. The topological polar surface area (TPSA) is 102 Å². The number of methoxy groups -OCH3 is 1. The van der Waals surface area contributed by atoms with Crippen molar-refractivity contribution in [2.45, 2.75) is 19.4 Å². The lowest BCUT2D eigenvalue weighted by Gasteiger charge is -2.16. The normalized spacial score (nSPS) is 20.7. The second kappa shape index (κ2) is 6.33. The van der Waals surface area contributed by atoms with Crippen LogP contribution in [0.5, 0.6) is 0 Å². The molecule has 0 bridgehead atoms. The number of rotatable bonds is 4. The molecule has 3 heterocycles. The smallest absolute Gasteiger partial charge is 0.358 e. The van der Waals surface area contributed by atoms with Crippen molar-refractivity contribution < 1.29 is 19.2 Å². The first kappa shape index (κ1) is 15.4. The highest BCUT2D eigenvalue weighted by atomic mass is 16.5. The first-order valence-corrected chi connectivity index (χ1v) is 7.32. The molecule has 0 spiro atoms. The van der Waals surface area contributed by atoms with Crippen LogP contribution in [0.2, 0.25) is 0 Å². The molecule has 1 aliphatic rings. The van der Waals surface area contributed by atoms with Crippen molar-refractivity contribution in [1.82, 2.24) is 15.1 Å². The molecular formula is C15H18N4O4. The van der Waals surface area contributed by atoms with Crippen LogP contribution in [0, 0.1) is 12.8 Å². The summed E-state index contributed by atoms with van der Waals surface area (Å²) in [5.41, 5.74) is 0.985. The number of carbonyl (C=O) groups is 1. The Morgan fingerprint density at radius 3 is 2.87 bits per heavy atom. The lowest BCUT2D eigenvalue weighted by molar-refractivity contribution is 0.0593. The predicted octanol–water partition coefficient (Wildman–Crippen LogP) is 0.599. The summed E-state index contributed by atoms with van der Waals surface area (Å²) in [4.78, 5) is 21.6. The lowest BCUT2D eigenvalue weighted by Crippen LogP contribution is -2.22. The highest BCUT2D eigenvalue weighted by molar-refractivity contribution is 5.86. The van der Waals surface area contributed by atoms with Gasteiger partial charge in [-0.25, -0.2) is 14.8 Å². The molecule has 3 rings (SSSR count). The molecule has 8 heteroatoms. The van der Waals surface area contributed by atoms with Crippen LogP contribution in [0.25, 0.3) is 0 Å². The number of hydrogen-bond donors (Lipinski definition) is 1. The number of nitrogens with zero attached hydrogens (tertiary/aromatic N) is 4. The highest BCUT2D eigenvalue weighted by Crippen LogP contribution is 2.25. The molecule has 2 aromatic rings. The maximum Gasteiger partial charge on any atom is 0.358 e. The molecule has 2 atom stereocenters. The summed E-state index contributed by atoms with van der Waals surface area (Å²) in [6.45, 7) is 2.96. The quantitative estimate of drug-likeness (QED) is 0.818.